The quantitative estimate of drug-likeness (QED) is 0.509. The van der Waals surface area contributed by atoms with Gasteiger partial charge in [0.15, 0.2) is 0 Å². The van der Waals surface area contributed by atoms with E-state index in [0.717, 1.165) is 23.6 Å². The Balaban J connectivity index is 1.83. The summed E-state index contributed by atoms with van der Waals surface area (Å²) in [6.07, 6.45) is 0.776. The standard InChI is InChI=1S/C22H20FN3O4S/c1-30-14-4-2-13(3-5-14)26-17-9-18(25-7-6-12(10-25)11-27)16(23)8-15(17)20(28)19-21(29)24-31-22(19)26/h2-5,8-9,12,27H,6-7,10-11H2,1H3,(H,24,29). The van der Waals surface area contributed by atoms with E-state index in [-0.39, 0.29) is 23.3 Å². The predicted octanol–water partition coefficient (Wildman–Crippen LogP) is 2.86. The van der Waals surface area contributed by atoms with E-state index in [1.165, 1.54) is 6.07 Å². The highest BCUT2D eigenvalue weighted by molar-refractivity contribution is 7.12. The zero-order chi connectivity index (χ0) is 21.7. The number of aliphatic hydroxyl groups excluding tert-OH is 1. The van der Waals surface area contributed by atoms with Crippen LogP contribution in [0.25, 0.3) is 26.8 Å². The molecule has 160 valence electrons. The molecule has 1 saturated heterocycles. The summed E-state index contributed by atoms with van der Waals surface area (Å²) in [6.45, 7) is 1.23. The molecule has 1 unspecified atom stereocenters. The van der Waals surface area contributed by atoms with Crippen LogP contribution in [0, 0.1) is 11.7 Å². The van der Waals surface area contributed by atoms with Gasteiger partial charge in [0.25, 0.3) is 5.56 Å². The zero-order valence-electron chi connectivity index (χ0n) is 16.7. The van der Waals surface area contributed by atoms with E-state index in [9.17, 15) is 14.7 Å². The molecule has 2 aromatic carbocycles. The third-order valence-electron chi connectivity index (χ3n) is 5.88. The molecule has 1 atom stereocenters. The first kappa shape index (κ1) is 19.8. The van der Waals surface area contributed by atoms with Crippen LogP contribution >= 0.6 is 11.5 Å². The lowest BCUT2D eigenvalue weighted by Crippen LogP contribution is -2.22. The van der Waals surface area contributed by atoms with E-state index < -0.39 is 16.8 Å². The molecule has 0 spiro atoms. The molecule has 4 aromatic rings. The molecule has 2 aromatic heterocycles. The maximum atomic E-state index is 15.1. The molecular weight excluding hydrogens is 421 g/mol. The van der Waals surface area contributed by atoms with Crippen LogP contribution in [0.15, 0.2) is 46.0 Å². The van der Waals surface area contributed by atoms with Crippen molar-refractivity contribution >= 4 is 38.3 Å². The summed E-state index contributed by atoms with van der Waals surface area (Å²) in [4.78, 5) is 27.8. The molecule has 0 bridgehead atoms. The molecule has 5 rings (SSSR count). The Morgan fingerprint density at radius 2 is 2.03 bits per heavy atom. The van der Waals surface area contributed by atoms with Crippen LogP contribution in [0.3, 0.4) is 0 Å². The van der Waals surface area contributed by atoms with E-state index in [1.54, 1.807) is 29.9 Å². The number of H-pyrrole nitrogens is 1. The van der Waals surface area contributed by atoms with Gasteiger partial charge in [-0.25, -0.2) is 4.39 Å². The predicted molar refractivity (Wildman–Crippen MR) is 119 cm³/mol. The fraction of sp³-hybridized carbons (Fsp3) is 0.273. The second-order valence-corrected chi connectivity index (χ2v) is 8.47. The van der Waals surface area contributed by atoms with E-state index in [4.69, 9.17) is 4.74 Å². The molecule has 0 radical (unpaired) electrons. The first-order valence-electron chi connectivity index (χ1n) is 9.91. The van der Waals surface area contributed by atoms with Crippen LogP contribution in [0.1, 0.15) is 6.42 Å². The van der Waals surface area contributed by atoms with E-state index in [1.807, 2.05) is 17.0 Å². The molecule has 31 heavy (non-hydrogen) atoms. The molecule has 0 saturated carbocycles. The van der Waals surface area contributed by atoms with Crippen molar-refractivity contribution in [3.05, 3.63) is 62.8 Å². The van der Waals surface area contributed by atoms with E-state index in [2.05, 4.69) is 4.37 Å². The Hall–Kier alpha value is -3.17. The number of aromatic amines is 1. The molecule has 1 aliphatic rings. The van der Waals surface area contributed by atoms with Crippen LogP contribution in [0.2, 0.25) is 0 Å². The normalized spacial score (nSPS) is 16.5. The average Bonchev–Trinajstić information content (AvgIpc) is 3.41. The van der Waals surface area contributed by atoms with E-state index in [0.29, 0.717) is 34.9 Å². The summed E-state index contributed by atoms with van der Waals surface area (Å²) in [5, 5.41) is 9.62. The largest absolute Gasteiger partial charge is 0.497 e. The third kappa shape index (κ3) is 3.12. The van der Waals surface area contributed by atoms with Crippen molar-refractivity contribution in [3.8, 4) is 11.4 Å². The Morgan fingerprint density at radius 3 is 2.71 bits per heavy atom. The number of anilines is 1. The second-order valence-electron chi connectivity index (χ2n) is 7.68. The molecular formula is C22H20FN3O4S. The summed E-state index contributed by atoms with van der Waals surface area (Å²) in [6, 6.07) is 10.1. The van der Waals surface area contributed by atoms with Gasteiger partial charge in [-0.15, -0.1) is 0 Å². The maximum Gasteiger partial charge on any atom is 0.271 e. The van der Waals surface area contributed by atoms with Gasteiger partial charge in [-0.1, -0.05) is 0 Å². The van der Waals surface area contributed by atoms with Gasteiger partial charge in [0.05, 0.1) is 23.7 Å². The van der Waals surface area contributed by atoms with Gasteiger partial charge < -0.3 is 14.7 Å². The molecule has 2 N–H and O–H groups in total. The number of aliphatic hydroxyl groups is 1. The minimum Gasteiger partial charge on any atom is -0.497 e. The smallest absolute Gasteiger partial charge is 0.271 e. The van der Waals surface area contributed by atoms with Gasteiger partial charge >= 0.3 is 0 Å². The number of pyridine rings is 1. The molecule has 7 nitrogen and oxygen atoms in total. The fourth-order valence-corrected chi connectivity index (χ4v) is 5.12. The molecule has 1 fully saturated rings. The fourth-order valence-electron chi connectivity index (χ4n) is 4.24. The number of nitrogens with one attached hydrogen (secondary N) is 1. The number of hydrogen-bond donors (Lipinski definition) is 2. The van der Waals surface area contributed by atoms with Crippen molar-refractivity contribution in [2.24, 2.45) is 5.92 Å². The lowest BCUT2D eigenvalue weighted by molar-refractivity contribution is 0.238. The molecule has 1 aliphatic heterocycles. The van der Waals surface area contributed by atoms with Crippen LogP contribution in [-0.2, 0) is 0 Å². The van der Waals surface area contributed by atoms with Crippen LogP contribution in [0.5, 0.6) is 5.75 Å². The number of ether oxygens (including phenoxy) is 1. The van der Waals surface area contributed by atoms with Gasteiger partial charge in [-0.2, -0.15) is 0 Å². The Morgan fingerprint density at radius 1 is 1.26 bits per heavy atom. The van der Waals surface area contributed by atoms with Gasteiger partial charge in [-0.3, -0.25) is 18.5 Å². The lowest BCUT2D eigenvalue weighted by atomic mass is 10.1. The number of halogens is 1. The number of nitrogens with zero attached hydrogens (tertiary/aromatic N) is 2. The van der Waals surface area contributed by atoms with Crippen molar-refractivity contribution in [3.63, 3.8) is 0 Å². The van der Waals surface area contributed by atoms with Crippen molar-refractivity contribution in [1.29, 1.82) is 0 Å². The highest BCUT2D eigenvalue weighted by Crippen LogP contribution is 2.32. The summed E-state index contributed by atoms with van der Waals surface area (Å²) < 4.78 is 24.8. The summed E-state index contributed by atoms with van der Waals surface area (Å²) in [5.74, 6) is 0.248. The van der Waals surface area contributed by atoms with E-state index >= 15 is 4.39 Å². The summed E-state index contributed by atoms with van der Waals surface area (Å²) >= 11 is 1.07. The first-order valence-corrected chi connectivity index (χ1v) is 10.7. The number of methoxy groups -OCH3 is 1. The molecule has 9 heteroatoms. The van der Waals surface area contributed by atoms with Crippen molar-refractivity contribution in [2.45, 2.75) is 6.42 Å². The minimum absolute atomic E-state index is 0.0157. The molecule has 0 aliphatic carbocycles. The van der Waals surface area contributed by atoms with Crippen LogP contribution < -0.4 is 20.6 Å². The Kier molecular flexibility index (Phi) is 4.79. The van der Waals surface area contributed by atoms with Crippen LogP contribution in [0.4, 0.5) is 10.1 Å². The summed E-state index contributed by atoms with van der Waals surface area (Å²) in [7, 11) is 1.57. The molecule has 3 heterocycles. The maximum absolute atomic E-state index is 15.1. The van der Waals surface area contributed by atoms with Crippen molar-refractivity contribution in [2.75, 3.05) is 31.7 Å². The van der Waals surface area contributed by atoms with Gasteiger partial charge in [0.1, 0.15) is 21.8 Å². The number of rotatable bonds is 4. The number of fused-ring (bicyclic) bond motifs is 2. The first-order chi connectivity index (χ1) is 15.0. The van der Waals surface area contributed by atoms with Crippen molar-refractivity contribution in [1.82, 2.24) is 8.94 Å². The number of aromatic nitrogens is 2. The second kappa shape index (κ2) is 7.51. The van der Waals surface area contributed by atoms with Crippen molar-refractivity contribution < 1.29 is 14.2 Å². The van der Waals surface area contributed by atoms with Gasteiger partial charge in [0, 0.05) is 31.3 Å². The highest BCUT2D eigenvalue weighted by Gasteiger charge is 2.26. The van der Waals surface area contributed by atoms with Gasteiger partial charge in [-0.05, 0) is 54.4 Å². The number of benzene rings is 2. The highest BCUT2D eigenvalue weighted by atomic mass is 32.1. The number of hydrogen-bond acceptors (Lipinski definition) is 6. The van der Waals surface area contributed by atoms with Crippen LogP contribution in [-0.4, -0.2) is 40.9 Å². The Bertz CT molecular complexity index is 1410. The SMILES string of the molecule is COc1ccc(-n2c3cc(N4CCC(CO)C4)c(F)cc3c(=O)c3c(=O)[nH]sc32)cc1. The van der Waals surface area contributed by atoms with Gasteiger partial charge in [0.2, 0.25) is 5.43 Å². The third-order valence-corrected chi connectivity index (χ3v) is 6.75. The summed E-state index contributed by atoms with van der Waals surface area (Å²) in [5.41, 5.74) is 0.647. The Labute approximate surface area is 180 Å². The topological polar surface area (TPSA) is 87.6 Å². The zero-order valence-corrected chi connectivity index (χ0v) is 17.5. The monoisotopic (exact) mass is 441 g/mol. The minimum atomic E-state index is -0.518. The average molecular weight is 441 g/mol. The molecule has 0 amide bonds. The lowest BCUT2D eigenvalue weighted by Gasteiger charge is -2.21.